The summed E-state index contributed by atoms with van der Waals surface area (Å²) in [4.78, 5) is 16.7. The van der Waals surface area contributed by atoms with E-state index in [2.05, 4.69) is 4.98 Å². The molecular formula is C22H19NO5S. The minimum Gasteiger partial charge on any atom is -0.473 e. The van der Waals surface area contributed by atoms with Crippen LogP contribution in [0.1, 0.15) is 27.0 Å². The number of esters is 1. The van der Waals surface area contributed by atoms with Crippen LogP contribution in [0.25, 0.3) is 0 Å². The predicted octanol–water partition coefficient (Wildman–Crippen LogP) is 3.38. The van der Waals surface area contributed by atoms with E-state index in [1.54, 1.807) is 48.5 Å². The Kier molecular flexibility index (Phi) is 5.07. The number of benzene rings is 2. The van der Waals surface area contributed by atoms with Crippen molar-refractivity contribution in [1.82, 2.24) is 4.98 Å². The lowest BCUT2D eigenvalue weighted by molar-refractivity contribution is 0.0600. The normalized spacial score (nSPS) is 14.9. The summed E-state index contributed by atoms with van der Waals surface area (Å²) in [5, 5.41) is 0. The van der Waals surface area contributed by atoms with E-state index in [9.17, 15) is 13.2 Å². The Balaban J connectivity index is 1.86. The number of pyridine rings is 1. The van der Waals surface area contributed by atoms with Gasteiger partial charge in [0.05, 0.1) is 22.5 Å². The second-order valence-electron chi connectivity index (χ2n) is 6.73. The van der Waals surface area contributed by atoms with Crippen molar-refractivity contribution in [2.24, 2.45) is 0 Å². The molecule has 0 N–H and O–H groups in total. The van der Waals surface area contributed by atoms with E-state index >= 15 is 0 Å². The van der Waals surface area contributed by atoms with Gasteiger partial charge in [-0.3, -0.25) is 0 Å². The van der Waals surface area contributed by atoms with E-state index in [1.807, 2.05) is 6.07 Å². The van der Waals surface area contributed by atoms with Crippen LogP contribution >= 0.6 is 0 Å². The van der Waals surface area contributed by atoms with Gasteiger partial charge in [-0.1, -0.05) is 30.3 Å². The lowest BCUT2D eigenvalue weighted by atomic mass is 10.0. The molecule has 0 atom stereocenters. The van der Waals surface area contributed by atoms with Crippen LogP contribution in [-0.4, -0.2) is 26.5 Å². The third kappa shape index (κ3) is 3.73. The third-order valence-electron chi connectivity index (χ3n) is 4.86. The molecule has 6 nitrogen and oxygen atoms in total. The molecule has 2 heterocycles. The second kappa shape index (κ2) is 7.67. The van der Waals surface area contributed by atoms with Crippen LogP contribution in [0.3, 0.4) is 0 Å². The zero-order valence-corrected chi connectivity index (χ0v) is 16.6. The van der Waals surface area contributed by atoms with Gasteiger partial charge in [0, 0.05) is 11.8 Å². The van der Waals surface area contributed by atoms with Gasteiger partial charge in [-0.05, 0) is 48.2 Å². The van der Waals surface area contributed by atoms with Gasteiger partial charge >= 0.3 is 5.97 Å². The summed E-state index contributed by atoms with van der Waals surface area (Å²) < 4.78 is 37.1. The monoisotopic (exact) mass is 409 g/mol. The van der Waals surface area contributed by atoms with E-state index in [-0.39, 0.29) is 16.4 Å². The summed E-state index contributed by atoms with van der Waals surface area (Å²) in [5.74, 6) is -0.0638. The highest BCUT2D eigenvalue weighted by Crippen LogP contribution is 2.28. The van der Waals surface area contributed by atoms with Crippen molar-refractivity contribution < 1.29 is 22.7 Å². The third-order valence-corrected chi connectivity index (χ3v) is 6.71. The van der Waals surface area contributed by atoms with Gasteiger partial charge in [0.1, 0.15) is 6.61 Å². The zero-order chi connectivity index (χ0) is 20.4. The molecule has 0 radical (unpaired) electrons. The van der Waals surface area contributed by atoms with E-state index in [0.717, 1.165) is 5.56 Å². The number of fused-ring (bicyclic) bond motifs is 4. The van der Waals surface area contributed by atoms with Crippen molar-refractivity contribution in [2.75, 3.05) is 7.11 Å². The lowest BCUT2D eigenvalue weighted by Crippen LogP contribution is -2.11. The maximum Gasteiger partial charge on any atom is 0.339 e. The first kappa shape index (κ1) is 19.1. The number of carbonyl (C=O) groups is 1. The van der Waals surface area contributed by atoms with E-state index in [1.165, 1.54) is 13.3 Å². The van der Waals surface area contributed by atoms with Crippen LogP contribution in [0.5, 0.6) is 5.88 Å². The van der Waals surface area contributed by atoms with Crippen molar-refractivity contribution in [3.05, 3.63) is 83.0 Å². The SMILES string of the molecule is COC(=O)c1cnc2c(c1)CCc1ccccc1S(=O)(=O)c1cccc(c1)CO2. The van der Waals surface area contributed by atoms with Crippen LogP contribution < -0.4 is 4.74 Å². The maximum absolute atomic E-state index is 13.2. The van der Waals surface area contributed by atoms with Crippen molar-refractivity contribution >= 4 is 15.8 Å². The molecule has 1 aliphatic rings. The molecule has 148 valence electrons. The number of carbonyl (C=O) groups excluding carboxylic acids is 1. The van der Waals surface area contributed by atoms with E-state index in [0.29, 0.717) is 35.4 Å². The number of aromatic nitrogens is 1. The minimum atomic E-state index is -3.66. The second-order valence-corrected chi connectivity index (χ2v) is 8.65. The van der Waals surface area contributed by atoms with Gasteiger partial charge in [0.15, 0.2) is 0 Å². The molecule has 2 aromatic carbocycles. The number of rotatable bonds is 1. The highest BCUT2D eigenvalue weighted by Gasteiger charge is 2.23. The lowest BCUT2D eigenvalue weighted by Gasteiger charge is -2.16. The molecule has 0 aliphatic carbocycles. The van der Waals surface area contributed by atoms with Crippen molar-refractivity contribution in [3.8, 4) is 5.88 Å². The topological polar surface area (TPSA) is 82.6 Å². The standard InChI is InChI=1S/C22H19NO5S/c1-27-22(24)18-12-17-10-9-16-6-2-3-8-20(16)29(25,26)19-7-4-5-15(11-19)14-28-21(17)23-13-18/h2-8,11-13H,9-10,14H2,1H3. The quantitative estimate of drug-likeness (QED) is 0.573. The molecule has 0 amide bonds. The molecule has 1 aliphatic heterocycles. The van der Waals surface area contributed by atoms with Crippen LogP contribution in [-0.2, 0) is 34.0 Å². The summed E-state index contributed by atoms with van der Waals surface area (Å²) in [6.07, 6.45) is 2.34. The molecule has 2 bridgehead atoms. The highest BCUT2D eigenvalue weighted by molar-refractivity contribution is 7.91. The van der Waals surface area contributed by atoms with Crippen LogP contribution in [0.4, 0.5) is 0 Å². The highest BCUT2D eigenvalue weighted by atomic mass is 32.2. The molecule has 7 heteroatoms. The molecule has 0 saturated carbocycles. The smallest absolute Gasteiger partial charge is 0.339 e. The Bertz CT molecular complexity index is 1190. The number of aryl methyl sites for hydroxylation is 2. The molecular weight excluding hydrogens is 390 g/mol. The first-order valence-electron chi connectivity index (χ1n) is 9.11. The number of hydrogen-bond donors (Lipinski definition) is 0. The molecule has 0 spiro atoms. The summed E-state index contributed by atoms with van der Waals surface area (Å²) in [6, 6.07) is 15.4. The fraction of sp³-hybridized carbons (Fsp3) is 0.182. The molecule has 3 aromatic rings. The molecule has 1 aromatic heterocycles. The average Bonchev–Trinajstić information content (AvgIpc) is 2.75. The van der Waals surface area contributed by atoms with E-state index in [4.69, 9.17) is 9.47 Å². The number of methoxy groups -OCH3 is 1. The molecule has 4 rings (SSSR count). The Morgan fingerprint density at radius 2 is 1.83 bits per heavy atom. The van der Waals surface area contributed by atoms with Gasteiger partial charge < -0.3 is 9.47 Å². The van der Waals surface area contributed by atoms with Crippen LogP contribution in [0.15, 0.2) is 70.6 Å². The molecule has 0 unspecified atom stereocenters. The molecule has 0 fully saturated rings. The van der Waals surface area contributed by atoms with Crippen molar-refractivity contribution in [2.45, 2.75) is 29.2 Å². The van der Waals surface area contributed by atoms with Gasteiger partial charge in [0.2, 0.25) is 15.7 Å². The van der Waals surface area contributed by atoms with Gasteiger partial charge in [-0.15, -0.1) is 0 Å². The number of sulfone groups is 1. The first-order valence-corrected chi connectivity index (χ1v) is 10.6. The maximum atomic E-state index is 13.2. The molecule has 29 heavy (non-hydrogen) atoms. The summed E-state index contributed by atoms with van der Waals surface area (Å²) in [7, 11) is -2.34. The number of nitrogens with zero attached hydrogens (tertiary/aromatic N) is 1. The Labute approximate surface area is 169 Å². The largest absolute Gasteiger partial charge is 0.473 e. The average molecular weight is 409 g/mol. The number of ether oxygens (including phenoxy) is 2. The fourth-order valence-electron chi connectivity index (χ4n) is 3.36. The first-order chi connectivity index (χ1) is 14.0. The van der Waals surface area contributed by atoms with Gasteiger partial charge in [0.25, 0.3) is 0 Å². The summed E-state index contributed by atoms with van der Waals surface area (Å²) in [5.41, 5.74) is 2.46. The Hall–Kier alpha value is -3.19. The molecule has 0 saturated heterocycles. The van der Waals surface area contributed by atoms with E-state index < -0.39 is 15.8 Å². The van der Waals surface area contributed by atoms with Crippen LogP contribution in [0.2, 0.25) is 0 Å². The van der Waals surface area contributed by atoms with Gasteiger partial charge in [-0.2, -0.15) is 0 Å². The minimum absolute atomic E-state index is 0.169. The summed E-state index contributed by atoms with van der Waals surface area (Å²) >= 11 is 0. The van der Waals surface area contributed by atoms with Crippen molar-refractivity contribution in [1.29, 1.82) is 0 Å². The van der Waals surface area contributed by atoms with Gasteiger partial charge in [-0.25, -0.2) is 18.2 Å². The number of hydrogen-bond acceptors (Lipinski definition) is 6. The predicted molar refractivity (Wildman–Crippen MR) is 106 cm³/mol. The fourth-order valence-corrected chi connectivity index (χ4v) is 4.95. The zero-order valence-electron chi connectivity index (χ0n) is 15.8. The van der Waals surface area contributed by atoms with Crippen LogP contribution in [0, 0.1) is 0 Å². The Morgan fingerprint density at radius 1 is 1.03 bits per heavy atom. The Morgan fingerprint density at radius 3 is 2.66 bits per heavy atom. The van der Waals surface area contributed by atoms with Crippen molar-refractivity contribution in [3.63, 3.8) is 0 Å². The summed E-state index contributed by atoms with van der Waals surface area (Å²) in [6.45, 7) is 0.169.